The first-order valence-corrected chi connectivity index (χ1v) is 14.9. The standard InChI is InChI=1S/C32H45N7O2/c1-8-21-14-24(17-34-28(21)33)35-29(40)30(41)38-18-20(2)9-12-27(38)22-10-11-26-23(13-22)19-39(36-26)25-15-31(3,4)37(7)32(5,6)16-25/h10-11,13-14,17,19-20,25,27H,8-9,12,15-16,18H2,1-7H3,(H2,33,34)(H,35,40). The quantitative estimate of drug-likeness (QED) is 0.418. The highest BCUT2D eigenvalue weighted by Gasteiger charge is 2.44. The van der Waals surface area contributed by atoms with Crippen molar-refractivity contribution in [1.29, 1.82) is 0 Å². The number of hydrogen-bond donors (Lipinski definition) is 2. The first-order chi connectivity index (χ1) is 19.3. The topological polar surface area (TPSA) is 109 Å². The molecule has 3 N–H and O–H groups in total. The fraction of sp³-hybridized carbons (Fsp3) is 0.562. The molecule has 0 radical (unpaired) electrons. The van der Waals surface area contributed by atoms with Crippen LogP contribution < -0.4 is 11.1 Å². The Morgan fingerprint density at radius 2 is 1.80 bits per heavy atom. The Balaban J connectivity index is 1.38. The maximum absolute atomic E-state index is 13.5. The number of aryl methyl sites for hydroxylation is 1. The number of rotatable bonds is 4. The molecule has 2 unspecified atom stereocenters. The van der Waals surface area contributed by atoms with Gasteiger partial charge in [0.2, 0.25) is 0 Å². The first kappa shape index (κ1) is 29.0. The zero-order valence-corrected chi connectivity index (χ0v) is 25.6. The van der Waals surface area contributed by atoms with Crippen molar-refractivity contribution in [3.63, 3.8) is 0 Å². The number of piperidine rings is 2. The number of carbonyl (C=O) groups excluding carboxylic acids is 2. The lowest BCUT2D eigenvalue weighted by Gasteiger charge is -2.53. The number of hydrogen-bond acceptors (Lipinski definition) is 6. The van der Waals surface area contributed by atoms with Crippen molar-refractivity contribution in [3.05, 3.63) is 47.8 Å². The lowest BCUT2D eigenvalue weighted by atomic mass is 9.77. The van der Waals surface area contributed by atoms with E-state index >= 15 is 0 Å². The van der Waals surface area contributed by atoms with Crippen molar-refractivity contribution in [1.82, 2.24) is 24.6 Å². The van der Waals surface area contributed by atoms with Crippen LogP contribution >= 0.6 is 0 Å². The minimum absolute atomic E-state index is 0.0659. The Hall–Kier alpha value is -3.46. The van der Waals surface area contributed by atoms with Crippen LogP contribution in [0.15, 0.2) is 36.7 Å². The molecule has 2 aliphatic heterocycles. The summed E-state index contributed by atoms with van der Waals surface area (Å²) in [5.41, 5.74) is 9.34. The van der Waals surface area contributed by atoms with Gasteiger partial charge in [-0.15, -0.1) is 0 Å². The van der Waals surface area contributed by atoms with Gasteiger partial charge in [0, 0.05) is 29.2 Å². The van der Waals surface area contributed by atoms with Gasteiger partial charge in [0.1, 0.15) is 5.82 Å². The molecule has 1 aromatic carbocycles. The highest BCUT2D eigenvalue weighted by Crippen LogP contribution is 2.43. The molecule has 2 aliphatic rings. The molecule has 3 aromatic rings. The number of likely N-dealkylation sites (tertiary alicyclic amines) is 2. The summed E-state index contributed by atoms with van der Waals surface area (Å²) in [5, 5.41) is 8.79. The van der Waals surface area contributed by atoms with Gasteiger partial charge in [0.15, 0.2) is 0 Å². The zero-order valence-electron chi connectivity index (χ0n) is 25.6. The molecular weight excluding hydrogens is 514 g/mol. The predicted octanol–water partition coefficient (Wildman–Crippen LogP) is 5.34. The largest absolute Gasteiger partial charge is 0.383 e. The number of aromatic nitrogens is 3. The van der Waals surface area contributed by atoms with E-state index in [9.17, 15) is 9.59 Å². The molecule has 0 bridgehead atoms. The highest BCUT2D eigenvalue weighted by molar-refractivity contribution is 6.39. The molecule has 2 saturated heterocycles. The molecule has 9 heteroatoms. The van der Waals surface area contributed by atoms with Crippen LogP contribution in [0.25, 0.3) is 10.9 Å². The second kappa shape index (κ2) is 10.7. The van der Waals surface area contributed by atoms with Gasteiger partial charge in [-0.05, 0) is 102 Å². The number of nitrogen functional groups attached to an aromatic ring is 1. The minimum Gasteiger partial charge on any atom is -0.383 e. The summed E-state index contributed by atoms with van der Waals surface area (Å²) in [6.07, 6.45) is 8.19. The van der Waals surface area contributed by atoms with Crippen LogP contribution in [0, 0.1) is 5.92 Å². The zero-order chi connectivity index (χ0) is 29.7. The van der Waals surface area contributed by atoms with Gasteiger partial charge in [-0.1, -0.05) is 19.9 Å². The van der Waals surface area contributed by atoms with E-state index in [0.717, 1.165) is 47.7 Å². The van der Waals surface area contributed by atoms with Crippen molar-refractivity contribution in [2.75, 3.05) is 24.6 Å². The van der Waals surface area contributed by atoms with Gasteiger partial charge in [0.05, 0.1) is 29.5 Å². The van der Waals surface area contributed by atoms with Crippen molar-refractivity contribution in [2.24, 2.45) is 5.92 Å². The summed E-state index contributed by atoms with van der Waals surface area (Å²) in [7, 11) is 2.22. The minimum atomic E-state index is -0.654. The number of amides is 2. The van der Waals surface area contributed by atoms with Crippen molar-refractivity contribution in [3.8, 4) is 0 Å². The number of benzene rings is 1. The molecule has 0 spiro atoms. The van der Waals surface area contributed by atoms with E-state index in [-0.39, 0.29) is 17.1 Å². The number of pyridine rings is 1. The maximum atomic E-state index is 13.5. The lowest BCUT2D eigenvalue weighted by molar-refractivity contribution is -0.146. The Kier molecular flexibility index (Phi) is 7.61. The number of nitrogens with one attached hydrogen (secondary N) is 1. The fourth-order valence-corrected chi connectivity index (χ4v) is 6.87. The monoisotopic (exact) mass is 559 g/mol. The number of nitrogens with zero attached hydrogens (tertiary/aromatic N) is 5. The molecular formula is C32H45N7O2. The molecule has 2 amide bonds. The van der Waals surface area contributed by atoms with Crippen molar-refractivity contribution in [2.45, 2.75) is 96.8 Å². The van der Waals surface area contributed by atoms with Crippen LogP contribution in [-0.2, 0) is 16.0 Å². The molecule has 0 aliphatic carbocycles. The van der Waals surface area contributed by atoms with Crippen LogP contribution in [0.1, 0.15) is 90.4 Å². The summed E-state index contributed by atoms with van der Waals surface area (Å²) in [5.74, 6) is -0.429. The summed E-state index contributed by atoms with van der Waals surface area (Å²) in [6.45, 7) is 13.9. The Labute approximate surface area is 243 Å². The third-order valence-electron chi connectivity index (χ3n) is 9.50. The lowest BCUT2D eigenvalue weighted by Crippen LogP contribution is -2.58. The van der Waals surface area contributed by atoms with Crippen molar-refractivity contribution >= 4 is 34.2 Å². The summed E-state index contributed by atoms with van der Waals surface area (Å²) in [6, 6.07) is 8.19. The van der Waals surface area contributed by atoms with E-state index in [1.54, 1.807) is 11.0 Å². The Bertz CT molecular complexity index is 1440. The molecule has 4 heterocycles. The van der Waals surface area contributed by atoms with Crippen LogP contribution in [0.2, 0.25) is 0 Å². The van der Waals surface area contributed by atoms with Gasteiger partial charge in [-0.2, -0.15) is 5.10 Å². The average Bonchev–Trinajstić information content (AvgIpc) is 3.35. The molecule has 2 aromatic heterocycles. The van der Waals surface area contributed by atoms with Gasteiger partial charge >= 0.3 is 11.8 Å². The predicted molar refractivity (Wildman–Crippen MR) is 163 cm³/mol. The second-order valence-corrected chi connectivity index (χ2v) is 13.4. The third kappa shape index (κ3) is 5.69. The van der Waals surface area contributed by atoms with Gasteiger partial charge < -0.3 is 16.0 Å². The van der Waals surface area contributed by atoms with Gasteiger partial charge in [-0.25, -0.2) is 4.98 Å². The summed E-state index contributed by atoms with van der Waals surface area (Å²) in [4.78, 5) is 35.0. The molecule has 2 fully saturated rings. The van der Waals surface area contributed by atoms with Crippen molar-refractivity contribution < 1.29 is 9.59 Å². The van der Waals surface area contributed by atoms with Crippen LogP contribution in [0.3, 0.4) is 0 Å². The normalized spacial score (nSPS) is 23.0. The molecule has 220 valence electrons. The number of nitrogens with two attached hydrogens (primary N) is 1. The fourth-order valence-electron chi connectivity index (χ4n) is 6.87. The molecule has 41 heavy (non-hydrogen) atoms. The van der Waals surface area contributed by atoms with E-state index in [4.69, 9.17) is 10.8 Å². The number of carbonyl (C=O) groups is 2. The summed E-state index contributed by atoms with van der Waals surface area (Å²) >= 11 is 0. The van der Waals surface area contributed by atoms with Crippen LogP contribution in [0.5, 0.6) is 0 Å². The molecule has 5 rings (SSSR count). The highest BCUT2D eigenvalue weighted by atomic mass is 16.2. The van der Waals surface area contributed by atoms with Gasteiger partial charge in [-0.3, -0.25) is 19.2 Å². The molecule has 0 saturated carbocycles. The van der Waals surface area contributed by atoms with E-state index in [1.807, 2.05) is 6.92 Å². The van der Waals surface area contributed by atoms with Crippen LogP contribution in [-0.4, -0.2) is 61.0 Å². The van der Waals surface area contributed by atoms with E-state index < -0.39 is 11.8 Å². The average molecular weight is 560 g/mol. The number of fused-ring (bicyclic) bond motifs is 1. The Morgan fingerprint density at radius 1 is 1.10 bits per heavy atom. The SMILES string of the molecule is CCc1cc(NC(=O)C(=O)N2CC(C)CCC2c2ccc3nn(C4CC(C)(C)N(C)C(C)(C)C4)cc3c2)cnc1N. The molecule has 2 atom stereocenters. The third-order valence-corrected chi connectivity index (χ3v) is 9.50. The van der Waals surface area contributed by atoms with E-state index in [1.165, 1.54) is 6.20 Å². The molecule has 9 nitrogen and oxygen atoms in total. The first-order valence-electron chi connectivity index (χ1n) is 14.9. The smallest absolute Gasteiger partial charge is 0.313 e. The number of anilines is 2. The Morgan fingerprint density at radius 3 is 2.49 bits per heavy atom. The van der Waals surface area contributed by atoms with Crippen LogP contribution in [0.4, 0.5) is 11.5 Å². The van der Waals surface area contributed by atoms with E-state index in [0.29, 0.717) is 36.4 Å². The van der Waals surface area contributed by atoms with E-state index in [2.05, 4.69) is 85.9 Å². The van der Waals surface area contributed by atoms with Gasteiger partial charge in [0.25, 0.3) is 0 Å². The second-order valence-electron chi connectivity index (χ2n) is 13.4. The summed E-state index contributed by atoms with van der Waals surface area (Å²) < 4.78 is 2.15. The maximum Gasteiger partial charge on any atom is 0.313 e.